The van der Waals surface area contributed by atoms with Crippen LogP contribution in [0.2, 0.25) is 0 Å². The molecule has 3 heterocycles. The van der Waals surface area contributed by atoms with Gasteiger partial charge in [-0.1, -0.05) is 6.42 Å². The normalized spacial score (nSPS) is 20.4. The number of hydrogen-bond donors (Lipinski definition) is 0. The average molecular weight is 346 g/mol. The van der Waals surface area contributed by atoms with Gasteiger partial charge in [-0.15, -0.1) is 10.2 Å². The van der Waals surface area contributed by atoms with Crippen molar-refractivity contribution in [1.82, 2.24) is 19.7 Å². The van der Waals surface area contributed by atoms with Gasteiger partial charge in [-0.25, -0.2) is 8.78 Å². The van der Waals surface area contributed by atoms with Gasteiger partial charge in [0.05, 0.1) is 6.04 Å². The van der Waals surface area contributed by atoms with Gasteiger partial charge in [0, 0.05) is 31.1 Å². The lowest BCUT2D eigenvalue weighted by molar-refractivity contribution is 0.0726. The lowest BCUT2D eigenvalue weighted by Crippen LogP contribution is -2.32. The summed E-state index contributed by atoms with van der Waals surface area (Å²) in [4.78, 5) is 14.5. The number of carbonyl (C=O) groups excluding carboxylic acids is 1. The van der Waals surface area contributed by atoms with E-state index >= 15 is 0 Å². The first kappa shape index (κ1) is 16.2. The third-order valence-corrected chi connectivity index (χ3v) is 5.06. The highest BCUT2D eigenvalue weighted by Crippen LogP contribution is 2.33. The van der Waals surface area contributed by atoms with Crippen LogP contribution >= 0.6 is 0 Å². The summed E-state index contributed by atoms with van der Waals surface area (Å²) < 4.78 is 29.1. The zero-order valence-electron chi connectivity index (χ0n) is 13.9. The molecule has 0 bridgehead atoms. The molecule has 1 amide bonds. The lowest BCUT2D eigenvalue weighted by Gasteiger charge is -2.25. The highest BCUT2D eigenvalue weighted by molar-refractivity contribution is 5.94. The third-order valence-electron chi connectivity index (χ3n) is 5.06. The fraction of sp³-hybridized carbons (Fsp3) is 0.500. The molecule has 1 aromatic carbocycles. The highest BCUT2D eigenvalue weighted by Gasteiger charge is 2.35. The number of nitrogens with zero attached hydrogens (tertiary/aromatic N) is 4. The molecule has 2 aliphatic rings. The third kappa shape index (κ3) is 3.03. The Balaban J connectivity index is 1.65. The van der Waals surface area contributed by atoms with Crippen molar-refractivity contribution in [3.8, 4) is 0 Å². The molecule has 25 heavy (non-hydrogen) atoms. The van der Waals surface area contributed by atoms with Crippen LogP contribution in [0, 0.1) is 11.6 Å². The number of halogens is 2. The fourth-order valence-corrected chi connectivity index (χ4v) is 3.88. The summed E-state index contributed by atoms with van der Waals surface area (Å²) in [6.45, 7) is 1.43. The maximum absolute atomic E-state index is 13.5. The summed E-state index contributed by atoms with van der Waals surface area (Å²) in [7, 11) is 0. The molecule has 0 saturated carbocycles. The van der Waals surface area contributed by atoms with Gasteiger partial charge in [0.15, 0.2) is 5.82 Å². The molecule has 0 aliphatic carbocycles. The van der Waals surface area contributed by atoms with Gasteiger partial charge < -0.3 is 9.47 Å². The Morgan fingerprint density at radius 3 is 2.60 bits per heavy atom. The van der Waals surface area contributed by atoms with Gasteiger partial charge in [-0.3, -0.25) is 4.79 Å². The number of likely N-dealkylation sites (tertiary alicyclic amines) is 1. The first-order valence-electron chi connectivity index (χ1n) is 8.82. The molecule has 1 fully saturated rings. The number of rotatable bonds is 2. The van der Waals surface area contributed by atoms with Crippen LogP contribution in [-0.4, -0.2) is 32.1 Å². The van der Waals surface area contributed by atoms with Gasteiger partial charge >= 0.3 is 0 Å². The van der Waals surface area contributed by atoms with Crippen LogP contribution < -0.4 is 0 Å². The smallest absolute Gasteiger partial charge is 0.254 e. The molecule has 2 aromatic rings. The van der Waals surface area contributed by atoms with Crippen LogP contribution in [0.1, 0.15) is 60.2 Å². The molecule has 7 heteroatoms. The van der Waals surface area contributed by atoms with Crippen LogP contribution in [0.25, 0.3) is 0 Å². The van der Waals surface area contributed by atoms with Crippen molar-refractivity contribution in [2.75, 3.05) is 6.54 Å². The number of aromatic nitrogens is 3. The summed E-state index contributed by atoms with van der Waals surface area (Å²) in [5.41, 5.74) is 0.0417. The molecule has 0 radical (unpaired) electrons. The minimum atomic E-state index is -0.740. The zero-order valence-corrected chi connectivity index (χ0v) is 13.9. The van der Waals surface area contributed by atoms with Crippen LogP contribution in [-0.2, 0) is 13.0 Å². The number of aryl methyl sites for hydroxylation is 1. The first-order chi connectivity index (χ1) is 12.1. The number of hydrogen-bond acceptors (Lipinski definition) is 3. The van der Waals surface area contributed by atoms with Gasteiger partial charge in [0.1, 0.15) is 17.5 Å². The molecule has 1 unspecified atom stereocenters. The topological polar surface area (TPSA) is 51.0 Å². The van der Waals surface area contributed by atoms with Crippen molar-refractivity contribution < 1.29 is 13.6 Å². The molecule has 1 aromatic heterocycles. The van der Waals surface area contributed by atoms with Crippen molar-refractivity contribution in [3.05, 3.63) is 47.0 Å². The van der Waals surface area contributed by atoms with E-state index in [1.807, 2.05) is 0 Å². The number of amides is 1. The fourth-order valence-electron chi connectivity index (χ4n) is 3.88. The van der Waals surface area contributed by atoms with Crippen molar-refractivity contribution in [2.45, 2.75) is 51.1 Å². The Bertz CT molecular complexity index is 784. The SMILES string of the molecule is O=C(c1cc(F)cc(F)c1)N1CCCC1c1nnc2n1CCCCC2. The molecule has 4 rings (SSSR count). The Morgan fingerprint density at radius 1 is 1.00 bits per heavy atom. The summed E-state index contributed by atoms with van der Waals surface area (Å²) >= 11 is 0. The predicted molar refractivity (Wildman–Crippen MR) is 86.9 cm³/mol. The minimum absolute atomic E-state index is 0.0417. The monoisotopic (exact) mass is 346 g/mol. The van der Waals surface area contributed by atoms with E-state index in [0.29, 0.717) is 6.54 Å². The summed E-state index contributed by atoms with van der Waals surface area (Å²) in [5, 5.41) is 8.66. The number of carbonyl (C=O) groups is 1. The largest absolute Gasteiger partial charge is 0.328 e. The van der Waals surface area contributed by atoms with Crippen molar-refractivity contribution in [1.29, 1.82) is 0 Å². The van der Waals surface area contributed by atoms with Gasteiger partial charge in [0.25, 0.3) is 5.91 Å². The second kappa shape index (κ2) is 6.54. The zero-order chi connectivity index (χ0) is 17.4. The van der Waals surface area contributed by atoms with E-state index in [9.17, 15) is 13.6 Å². The van der Waals surface area contributed by atoms with Crippen molar-refractivity contribution in [3.63, 3.8) is 0 Å². The summed E-state index contributed by atoms with van der Waals surface area (Å²) in [6.07, 6.45) is 5.89. The second-order valence-electron chi connectivity index (χ2n) is 6.75. The maximum Gasteiger partial charge on any atom is 0.254 e. The minimum Gasteiger partial charge on any atom is -0.328 e. The average Bonchev–Trinajstić information content (AvgIpc) is 3.14. The van der Waals surface area contributed by atoms with E-state index in [-0.39, 0.29) is 17.5 Å². The molecule has 1 atom stereocenters. The van der Waals surface area contributed by atoms with Gasteiger partial charge in [-0.2, -0.15) is 0 Å². The van der Waals surface area contributed by atoms with Gasteiger partial charge in [0.2, 0.25) is 0 Å². The van der Waals surface area contributed by atoms with Crippen LogP contribution in [0.15, 0.2) is 18.2 Å². The van der Waals surface area contributed by atoms with Gasteiger partial charge in [-0.05, 0) is 37.8 Å². The molecule has 0 spiro atoms. The molecule has 5 nitrogen and oxygen atoms in total. The summed E-state index contributed by atoms with van der Waals surface area (Å²) in [6, 6.07) is 2.77. The Hall–Kier alpha value is -2.31. The lowest BCUT2D eigenvalue weighted by atomic mass is 10.1. The Kier molecular flexibility index (Phi) is 4.23. The van der Waals surface area contributed by atoms with Crippen LogP contribution in [0.5, 0.6) is 0 Å². The number of benzene rings is 1. The molecule has 0 N–H and O–H groups in total. The van der Waals surface area contributed by atoms with E-state index in [0.717, 1.165) is 68.5 Å². The predicted octanol–water partition coefficient (Wildman–Crippen LogP) is 3.26. The second-order valence-corrected chi connectivity index (χ2v) is 6.75. The van der Waals surface area contributed by atoms with Crippen LogP contribution in [0.3, 0.4) is 0 Å². The molecule has 132 valence electrons. The van der Waals surface area contributed by atoms with E-state index in [4.69, 9.17) is 0 Å². The standard InChI is InChI=1S/C18H20F2N4O/c19-13-9-12(10-14(20)11-13)18(25)23-8-4-5-15(23)17-22-21-16-6-2-1-3-7-24(16)17/h9-11,15H,1-8H2. The highest BCUT2D eigenvalue weighted by atomic mass is 19.1. The quantitative estimate of drug-likeness (QED) is 0.839. The first-order valence-corrected chi connectivity index (χ1v) is 8.82. The van der Waals surface area contributed by atoms with Crippen LogP contribution in [0.4, 0.5) is 8.78 Å². The van der Waals surface area contributed by atoms with E-state index in [1.165, 1.54) is 6.42 Å². The maximum atomic E-state index is 13.5. The van der Waals surface area contributed by atoms with E-state index in [2.05, 4.69) is 14.8 Å². The summed E-state index contributed by atoms with van der Waals surface area (Å²) in [5.74, 6) is -0.0546. The molecule has 2 aliphatic heterocycles. The van der Waals surface area contributed by atoms with Crippen molar-refractivity contribution >= 4 is 5.91 Å². The van der Waals surface area contributed by atoms with E-state index in [1.54, 1.807) is 4.90 Å². The Labute approximate surface area is 144 Å². The Morgan fingerprint density at radius 2 is 1.80 bits per heavy atom. The van der Waals surface area contributed by atoms with E-state index < -0.39 is 11.6 Å². The molecular formula is C18H20F2N4O. The number of fused-ring (bicyclic) bond motifs is 1. The molecule has 1 saturated heterocycles. The molecular weight excluding hydrogens is 326 g/mol. The van der Waals surface area contributed by atoms with Crippen molar-refractivity contribution in [2.24, 2.45) is 0 Å².